The second-order valence-corrected chi connectivity index (χ2v) is 4.52. The lowest BCUT2D eigenvalue weighted by atomic mass is 10.1. The molecule has 0 fully saturated rings. The van der Waals surface area contributed by atoms with Gasteiger partial charge in [0.1, 0.15) is 11.6 Å². The predicted octanol–water partition coefficient (Wildman–Crippen LogP) is 3.78. The van der Waals surface area contributed by atoms with Crippen LogP contribution >= 0.6 is 0 Å². The van der Waals surface area contributed by atoms with Crippen LogP contribution in [-0.4, -0.2) is 17.0 Å². The minimum absolute atomic E-state index is 0.0184. The fourth-order valence-electron chi connectivity index (χ4n) is 1.91. The first-order valence-electron chi connectivity index (χ1n) is 6.74. The molecular formula is C15H17N3O3. The van der Waals surface area contributed by atoms with E-state index in [1.807, 2.05) is 12.1 Å². The monoisotopic (exact) mass is 287 g/mol. The van der Waals surface area contributed by atoms with E-state index in [1.165, 1.54) is 17.7 Å². The SMILES string of the molecule is CCCc1ccc(Oc2nc(NC)ccc2[N+](=O)[O-])cc1. The number of rotatable bonds is 6. The number of nitrogens with zero attached hydrogens (tertiary/aromatic N) is 2. The highest BCUT2D eigenvalue weighted by molar-refractivity contribution is 5.50. The Hall–Kier alpha value is -2.63. The third-order valence-corrected chi connectivity index (χ3v) is 2.97. The van der Waals surface area contributed by atoms with Crippen molar-refractivity contribution in [3.05, 3.63) is 52.1 Å². The van der Waals surface area contributed by atoms with Crippen LogP contribution in [0.3, 0.4) is 0 Å². The Bertz CT molecular complexity index is 627. The normalized spacial score (nSPS) is 10.2. The molecule has 1 N–H and O–H groups in total. The van der Waals surface area contributed by atoms with Crippen LogP contribution in [0.2, 0.25) is 0 Å². The van der Waals surface area contributed by atoms with Crippen molar-refractivity contribution in [1.82, 2.24) is 4.98 Å². The van der Waals surface area contributed by atoms with Gasteiger partial charge in [0.25, 0.3) is 0 Å². The van der Waals surface area contributed by atoms with Crippen molar-refractivity contribution in [3.63, 3.8) is 0 Å². The standard InChI is InChI=1S/C15H17N3O3/c1-3-4-11-5-7-12(8-6-11)21-15-13(18(19)20)9-10-14(16-2)17-15/h5-10H,3-4H2,1-2H3,(H,16,17). The van der Waals surface area contributed by atoms with Crippen LogP contribution in [0.25, 0.3) is 0 Å². The molecule has 21 heavy (non-hydrogen) atoms. The second kappa shape index (κ2) is 6.69. The summed E-state index contributed by atoms with van der Waals surface area (Å²) in [5.41, 5.74) is 1.04. The van der Waals surface area contributed by atoms with Crippen LogP contribution in [0.5, 0.6) is 11.6 Å². The highest BCUT2D eigenvalue weighted by Crippen LogP contribution is 2.30. The third kappa shape index (κ3) is 3.68. The average molecular weight is 287 g/mol. The number of hydrogen-bond acceptors (Lipinski definition) is 5. The van der Waals surface area contributed by atoms with Gasteiger partial charge in [-0.2, -0.15) is 4.98 Å². The first-order chi connectivity index (χ1) is 10.1. The number of pyridine rings is 1. The number of nitro groups is 1. The Morgan fingerprint density at radius 1 is 1.24 bits per heavy atom. The summed E-state index contributed by atoms with van der Waals surface area (Å²) in [6.07, 6.45) is 2.06. The molecule has 0 aliphatic heterocycles. The zero-order valence-corrected chi connectivity index (χ0v) is 12.0. The molecule has 0 aliphatic carbocycles. The molecule has 0 saturated heterocycles. The Kier molecular flexibility index (Phi) is 4.71. The maximum atomic E-state index is 11.0. The molecule has 0 bridgehead atoms. The fraction of sp³-hybridized carbons (Fsp3) is 0.267. The Balaban J connectivity index is 2.26. The van der Waals surface area contributed by atoms with Crippen LogP contribution in [0.4, 0.5) is 11.5 Å². The van der Waals surface area contributed by atoms with Crippen molar-refractivity contribution >= 4 is 11.5 Å². The first-order valence-corrected chi connectivity index (χ1v) is 6.74. The molecule has 6 heteroatoms. The summed E-state index contributed by atoms with van der Waals surface area (Å²) in [5.74, 6) is 1.02. The van der Waals surface area contributed by atoms with Crippen LogP contribution in [0.1, 0.15) is 18.9 Å². The number of aryl methyl sites for hydroxylation is 1. The summed E-state index contributed by atoms with van der Waals surface area (Å²) in [6.45, 7) is 2.11. The van der Waals surface area contributed by atoms with Gasteiger partial charge in [-0.1, -0.05) is 25.5 Å². The molecule has 0 radical (unpaired) electrons. The van der Waals surface area contributed by atoms with Crippen molar-refractivity contribution in [1.29, 1.82) is 0 Å². The molecule has 1 heterocycles. The minimum atomic E-state index is -0.507. The molecule has 2 aromatic rings. The smallest absolute Gasteiger partial charge is 0.331 e. The van der Waals surface area contributed by atoms with Gasteiger partial charge in [-0.25, -0.2) is 0 Å². The van der Waals surface area contributed by atoms with Crippen molar-refractivity contribution in [2.24, 2.45) is 0 Å². The predicted molar refractivity (Wildman–Crippen MR) is 80.9 cm³/mol. The zero-order valence-electron chi connectivity index (χ0n) is 12.0. The number of ether oxygens (including phenoxy) is 1. The van der Waals surface area contributed by atoms with Crippen LogP contribution in [-0.2, 0) is 6.42 Å². The number of aromatic nitrogens is 1. The molecule has 6 nitrogen and oxygen atoms in total. The second-order valence-electron chi connectivity index (χ2n) is 4.52. The fourth-order valence-corrected chi connectivity index (χ4v) is 1.91. The van der Waals surface area contributed by atoms with Crippen molar-refractivity contribution in [2.45, 2.75) is 19.8 Å². The summed E-state index contributed by atoms with van der Waals surface area (Å²) < 4.78 is 5.55. The van der Waals surface area contributed by atoms with Gasteiger partial charge in [0, 0.05) is 13.1 Å². The lowest BCUT2D eigenvalue weighted by molar-refractivity contribution is -0.386. The number of nitrogens with one attached hydrogen (secondary N) is 1. The molecule has 0 spiro atoms. The van der Waals surface area contributed by atoms with Crippen LogP contribution in [0, 0.1) is 10.1 Å². The molecule has 0 atom stereocenters. The molecule has 0 unspecified atom stereocenters. The molecule has 0 amide bonds. The van der Waals surface area contributed by atoms with Gasteiger partial charge in [-0.05, 0) is 30.2 Å². The van der Waals surface area contributed by atoms with Gasteiger partial charge in [-0.15, -0.1) is 0 Å². The summed E-state index contributed by atoms with van der Waals surface area (Å²) in [7, 11) is 1.69. The highest BCUT2D eigenvalue weighted by Gasteiger charge is 2.18. The molecule has 0 saturated carbocycles. The maximum absolute atomic E-state index is 11.0. The van der Waals surface area contributed by atoms with Crippen LogP contribution < -0.4 is 10.1 Å². The molecule has 1 aromatic heterocycles. The minimum Gasteiger partial charge on any atom is -0.434 e. The number of benzene rings is 1. The zero-order chi connectivity index (χ0) is 15.2. The lowest BCUT2D eigenvalue weighted by Gasteiger charge is -2.08. The summed E-state index contributed by atoms with van der Waals surface area (Å²) >= 11 is 0. The van der Waals surface area contributed by atoms with E-state index in [0.29, 0.717) is 11.6 Å². The van der Waals surface area contributed by atoms with Crippen molar-refractivity contribution < 1.29 is 9.66 Å². The van der Waals surface area contributed by atoms with E-state index < -0.39 is 4.92 Å². The topological polar surface area (TPSA) is 77.3 Å². The van der Waals surface area contributed by atoms with E-state index in [2.05, 4.69) is 17.2 Å². The molecule has 2 rings (SSSR count). The van der Waals surface area contributed by atoms with E-state index >= 15 is 0 Å². The van der Waals surface area contributed by atoms with E-state index in [0.717, 1.165) is 12.8 Å². The highest BCUT2D eigenvalue weighted by atomic mass is 16.6. The summed E-state index contributed by atoms with van der Waals surface area (Å²) in [5, 5.41) is 13.8. The quantitative estimate of drug-likeness (QED) is 0.646. The summed E-state index contributed by atoms with van der Waals surface area (Å²) in [4.78, 5) is 14.6. The van der Waals surface area contributed by atoms with E-state index in [1.54, 1.807) is 19.2 Å². The number of hydrogen-bond donors (Lipinski definition) is 1. The van der Waals surface area contributed by atoms with Gasteiger partial charge in [0.15, 0.2) is 0 Å². The average Bonchev–Trinajstić information content (AvgIpc) is 2.49. The molecule has 110 valence electrons. The van der Waals surface area contributed by atoms with Crippen molar-refractivity contribution in [3.8, 4) is 11.6 Å². The lowest BCUT2D eigenvalue weighted by Crippen LogP contribution is -1.99. The maximum Gasteiger partial charge on any atom is 0.331 e. The molecule has 1 aromatic carbocycles. The van der Waals surface area contributed by atoms with E-state index in [4.69, 9.17) is 4.74 Å². The molecule has 0 aliphatic rings. The van der Waals surface area contributed by atoms with Crippen molar-refractivity contribution in [2.75, 3.05) is 12.4 Å². The van der Waals surface area contributed by atoms with Crippen LogP contribution in [0.15, 0.2) is 36.4 Å². The molecular weight excluding hydrogens is 270 g/mol. The van der Waals surface area contributed by atoms with Gasteiger partial charge in [0.2, 0.25) is 0 Å². The Morgan fingerprint density at radius 3 is 2.52 bits per heavy atom. The largest absolute Gasteiger partial charge is 0.434 e. The summed E-state index contributed by atoms with van der Waals surface area (Å²) in [6, 6.07) is 10.4. The third-order valence-electron chi connectivity index (χ3n) is 2.97. The Labute approximate surface area is 122 Å². The Morgan fingerprint density at radius 2 is 1.95 bits per heavy atom. The van der Waals surface area contributed by atoms with Gasteiger partial charge in [-0.3, -0.25) is 10.1 Å². The van der Waals surface area contributed by atoms with E-state index in [9.17, 15) is 10.1 Å². The van der Waals surface area contributed by atoms with Gasteiger partial charge in [0.05, 0.1) is 4.92 Å². The van der Waals surface area contributed by atoms with E-state index in [-0.39, 0.29) is 11.6 Å². The number of anilines is 1. The van der Waals surface area contributed by atoms with Gasteiger partial charge < -0.3 is 10.1 Å². The van der Waals surface area contributed by atoms with Gasteiger partial charge >= 0.3 is 11.6 Å². The first kappa shape index (κ1) is 14.8.